The highest BCUT2D eigenvalue weighted by atomic mass is 35.5. The van der Waals surface area contributed by atoms with Gasteiger partial charge in [-0.2, -0.15) is 12.7 Å². The number of thiophene rings is 1. The number of fused-ring (bicyclic) bond motifs is 2. The van der Waals surface area contributed by atoms with Crippen LogP contribution < -0.4 is 4.90 Å². The van der Waals surface area contributed by atoms with Gasteiger partial charge in [-0.15, -0.1) is 11.3 Å². The Hall–Kier alpha value is -2.37. The molecule has 228 valence electrons. The molecule has 3 aromatic rings. The van der Waals surface area contributed by atoms with Crippen LogP contribution in [-0.4, -0.2) is 106 Å². The van der Waals surface area contributed by atoms with Crippen LogP contribution in [0, 0.1) is 0 Å². The van der Waals surface area contributed by atoms with Gasteiger partial charge in [0.15, 0.2) is 5.72 Å². The summed E-state index contributed by atoms with van der Waals surface area (Å²) in [6, 6.07) is 10.9. The number of sulfonamides is 1. The van der Waals surface area contributed by atoms with Crippen LogP contribution in [0.25, 0.3) is 10.1 Å². The van der Waals surface area contributed by atoms with E-state index in [1.807, 2.05) is 12.1 Å². The number of carbonyl (C=O) groups excluding carboxylic acids is 1. The van der Waals surface area contributed by atoms with E-state index in [0.29, 0.717) is 30.7 Å². The Kier molecular flexibility index (Phi) is 8.59. The van der Waals surface area contributed by atoms with Crippen molar-refractivity contribution in [2.75, 3.05) is 57.6 Å². The molecule has 16 heteroatoms. The van der Waals surface area contributed by atoms with Gasteiger partial charge in [0.1, 0.15) is 4.21 Å². The van der Waals surface area contributed by atoms with Crippen LogP contribution in [0.15, 0.2) is 53.0 Å². The normalized spacial score (nSPS) is 22.7. The van der Waals surface area contributed by atoms with Crippen molar-refractivity contribution in [2.45, 2.75) is 28.4 Å². The molecule has 5 heterocycles. The topological polar surface area (TPSA) is 147 Å². The van der Waals surface area contributed by atoms with Crippen molar-refractivity contribution in [1.29, 1.82) is 0 Å². The standard InChI is InChI=1S/C25H27ClN4O5S2.CH4O3S/c1-34-17-25-16-29(37(32,33)23-12-18-2-3-19(26)13-21(18)36-23)14-22(31)30(25)15-24(35-25)6-10-28(11-7-24)20-4-8-27-9-5-20;1-5(2,3)4/h2-5,8-9,12-13H,6-7,10-11,14-17H2,1H3;1H3,(H,2,3,4). The second-order valence-corrected chi connectivity index (χ2v) is 15.7. The zero-order valence-electron chi connectivity index (χ0n) is 23.0. The zero-order valence-corrected chi connectivity index (χ0v) is 26.2. The molecular formula is C26H31ClN4O8S3. The maximum atomic E-state index is 13.7. The average Bonchev–Trinajstić information content (AvgIpc) is 3.48. The van der Waals surface area contributed by atoms with Crippen LogP contribution in [-0.2, 0) is 34.4 Å². The number of hydrogen-bond donors (Lipinski definition) is 1. The number of rotatable bonds is 5. The van der Waals surface area contributed by atoms with Crippen molar-refractivity contribution in [1.82, 2.24) is 14.2 Å². The molecule has 42 heavy (non-hydrogen) atoms. The van der Waals surface area contributed by atoms with E-state index < -0.39 is 31.5 Å². The molecule has 3 aliphatic rings. The fraction of sp³-hybridized carbons (Fsp3) is 0.462. The SMILES string of the molecule is COCC12CN(S(=O)(=O)c3cc4ccc(Cl)cc4s3)CC(=O)N1CC1(CCN(c3ccncc3)CC1)O2.CS(=O)(=O)O. The monoisotopic (exact) mass is 658 g/mol. The summed E-state index contributed by atoms with van der Waals surface area (Å²) in [7, 11) is -6.06. The summed E-state index contributed by atoms with van der Waals surface area (Å²) in [5.41, 5.74) is -0.618. The lowest BCUT2D eigenvalue weighted by Gasteiger charge is -2.44. The van der Waals surface area contributed by atoms with E-state index >= 15 is 0 Å². The van der Waals surface area contributed by atoms with Crippen LogP contribution in [0.2, 0.25) is 5.02 Å². The van der Waals surface area contributed by atoms with Crippen LogP contribution >= 0.6 is 22.9 Å². The highest BCUT2D eigenvalue weighted by Crippen LogP contribution is 2.45. The molecule has 3 aliphatic heterocycles. The number of amides is 1. The lowest BCUT2D eigenvalue weighted by molar-refractivity contribution is -0.194. The van der Waals surface area contributed by atoms with Crippen molar-refractivity contribution in [3.05, 3.63) is 53.8 Å². The lowest BCUT2D eigenvalue weighted by atomic mass is 9.91. The fourth-order valence-electron chi connectivity index (χ4n) is 5.69. The Morgan fingerprint density at radius 2 is 1.76 bits per heavy atom. The summed E-state index contributed by atoms with van der Waals surface area (Å²) < 4.78 is 67.7. The Bertz CT molecular complexity index is 1670. The van der Waals surface area contributed by atoms with Crippen LogP contribution in [0.4, 0.5) is 5.69 Å². The summed E-state index contributed by atoms with van der Waals surface area (Å²) >= 11 is 7.25. The van der Waals surface area contributed by atoms with Gasteiger partial charge in [0.05, 0.1) is 38.1 Å². The highest BCUT2D eigenvalue weighted by Gasteiger charge is 2.60. The molecule has 3 fully saturated rings. The summed E-state index contributed by atoms with van der Waals surface area (Å²) in [6.45, 7) is 1.82. The molecule has 3 saturated heterocycles. The van der Waals surface area contributed by atoms with E-state index in [1.165, 1.54) is 4.31 Å². The predicted molar refractivity (Wildman–Crippen MR) is 159 cm³/mol. The third kappa shape index (κ3) is 6.43. The number of piperazine rings is 1. The van der Waals surface area contributed by atoms with Gasteiger partial charge in [-0.25, -0.2) is 8.42 Å². The summed E-state index contributed by atoms with van der Waals surface area (Å²) in [5.74, 6) is -0.274. The second kappa shape index (κ2) is 11.6. The molecular weight excluding hydrogens is 628 g/mol. The van der Waals surface area contributed by atoms with Crippen molar-refractivity contribution in [2.24, 2.45) is 0 Å². The molecule has 2 aromatic heterocycles. The molecule has 12 nitrogen and oxygen atoms in total. The number of hydrogen-bond acceptors (Lipinski definition) is 10. The number of benzene rings is 1. The lowest BCUT2D eigenvalue weighted by Crippen LogP contribution is -2.65. The molecule has 0 aliphatic carbocycles. The van der Waals surface area contributed by atoms with Crippen LogP contribution in [0.5, 0.6) is 0 Å². The highest BCUT2D eigenvalue weighted by molar-refractivity contribution is 7.91. The number of nitrogens with zero attached hydrogens (tertiary/aromatic N) is 4. The number of anilines is 1. The summed E-state index contributed by atoms with van der Waals surface area (Å²) in [5, 5.41) is 1.34. The average molecular weight is 659 g/mol. The van der Waals surface area contributed by atoms with Crippen molar-refractivity contribution in [3.63, 3.8) is 0 Å². The number of piperidine rings is 1. The third-order valence-electron chi connectivity index (χ3n) is 7.51. The van der Waals surface area contributed by atoms with Crippen molar-refractivity contribution in [3.8, 4) is 0 Å². The fourth-order valence-corrected chi connectivity index (χ4v) is 8.95. The minimum Gasteiger partial charge on any atom is -0.380 e. The van der Waals surface area contributed by atoms with E-state index in [2.05, 4.69) is 9.88 Å². The van der Waals surface area contributed by atoms with Gasteiger partial charge in [-0.3, -0.25) is 14.3 Å². The smallest absolute Gasteiger partial charge is 0.261 e. The van der Waals surface area contributed by atoms with E-state index in [1.54, 1.807) is 48.7 Å². The summed E-state index contributed by atoms with van der Waals surface area (Å²) in [6.07, 6.45) is 5.70. The second-order valence-electron chi connectivity index (χ2n) is 10.6. The van der Waals surface area contributed by atoms with Gasteiger partial charge in [-0.1, -0.05) is 17.7 Å². The van der Waals surface area contributed by atoms with Gasteiger partial charge in [0, 0.05) is 48.0 Å². The van der Waals surface area contributed by atoms with Gasteiger partial charge in [0.2, 0.25) is 5.91 Å². The van der Waals surface area contributed by atoms with Crippen LogP contribution in [0.3, 0.4) is 0 Å². The van der Waals surface area contributed by atoms with Gasteiger partial charge >= 0.3 is 0 Å². The van der Waals surface area contributed by atoms with Crippen molar-refractivity contribution >= 4 is 64.8 Å². The summed E-state index contributed by atoms with van der Waals surface area (Å²) in [4.78, 5) is 21.5. The molecule has 1 aromatic carbocycles. The number of methoxy groups -OCH3 is 1. The Morgan fingerprint density at radius 1 is 1.10 bits per heavy atom. The molecule has 1 spiro atoms. The zero-order chi connectivity index (χ0) is 30.3. The molecule has 0 bridgehead atoms. The molecule has 1 amide bonds. The number of carbonyl (C=O) groups is 1. The largest absolute Gasteiger partial charge is 0.380 e. The first-order valence-electron chi connectivity index (χ1n) is 13.0. The minimum absolute atomic E-state index is 0.0136. The van der Waals surface area contributed by atoms with E-state index in [0.717, 1.165) is 40.2 Å². The Labute approximate surface area is 253 Å². The molecule has 6 rings (SSSR count). The first-order chi connectivity index (χ1) is 19.7. The maximum absolute atomic E-state index is 13.7. The first kappa shape index (κ1) is 31.1. The molecule has 0 saturated carbocycles. The number of halogens is 1. The molecule has 1 N–H and O–H groups in total. The maximum Gasteiger partial charge on any atom is 0.261 e. The minimum atomic E-state index is -3.94. The van der Waals surface area contributed by atoms with Crippen molar-refractivity contribution < 1.29 is 35.7 Å². The Balaban J connectivity index is 0.000000652. The van der Waals surface area contributed by atoms with Crippen LogP contribution in [0.1, 0.15) is 12.8 Å². The Morgan fingerprint density at radius 3 is 2.40 bits per heavy atom. The first-order valence-corrected chi connectivity index (χ1v) is 17.5. The number of ether oxygens (including phenoxy) is 2. The van der Waals surface area contributed by atoms with Gasteiger partial charge < -0.3 is 19.3 Å². The molecule has 1 unspecified atom stereocenters. The number of pyridine rings is 1. The quantitative estimate of drug-likeness (QED) is 0.406. The third-order valence-corrected chi connectivity index (χ3v) is 11.1. The molecule has 0 radical (unpaired) electrons. The van der Waals surface area contributed by atoms with Gasteiger partial charge in [-0.05, 0) is 48.6 Å². The van der Waals surface area contributed by atoms with E-state index in [9.17, 15) is 21.6 Å². The predicted octanol–water partition coefficient (Wildman–Crippen LogP) is 2.70. The van der Waals surface area contributed by atoms with E-state index in [4.69, 9.17) is 25.6 Å². The van der Waals surface area contributed by atoms with Gasteiger partial charge in [0.25, 0.3) is 20.1 Å². The van der Waals surface area contributed by atoms with E-state index in [-0.39, 0.29) is 29.8 Å². The molecule has 1 atom stereocenters. The number of aromatic nitrogens is 1.